The molecule has 1 aromatic heterocycles. The highest BCUT2D eigenvalue weighted by molar-refractivity contribution is 8.01. The third-order valence-electron chi connectivity index (χ3n) is 3.58. The Bertz CT molecular complexity index is 990. The van der Waals surface area contributed by atoms with E-state index < -0.39 is 10.8 Å². The molecule has 0 saturated heterocycles. The van der Waals surface area contributed by atoms with Gasteiger partial charge in [-0.05, 0) is 36.8 Å². The molecule has 138 valence electrons. The molecule has 3 rings (SSSR count). The second-order valence-electron chi connectivity index (χ2n) is 5.61. The van der Waals surface area contributed by atoms with E-state index in [0.29, 0.717) is 9.24 Å². The molecule has 0 radical (unpaired) electrons. The second kappa shape index (κ2) is 8.28. The molecule has 1 N–H and O–H groups in total. The minimum Gasteiger partial charge on any atom is -0.348 e. The van der Waals surface area contributed by atoms with Gasteiger partial charge in [-0.15, -0.1) is 11.3 Å². The fourth-order valence-electron chi connectivity index (χ4n) is 2.25. The summed E-state index contributed by atoms with van der Waals surface area (Å²) in [6.45, 7) is 2.05. The Kier molecular flexibility index (Phi) is 5.82. The standard InChI is InChI=1S/C18H14FN3O3S2/c1-11-10-26-18(21-11)27-16-7-4-13(8-15(16)22(24)25)17(23)20-9-12-2-5-14(19)6-3-12/h2-8,10H,9H2,1H3,(H,20,23). The largest absolute Gasteiger partial charge is 0.348 e. The molecular formula is C18H14FN3O3S2. The number of benzene rings is 2. The number of aromatic nitrogens is 1. The Labute approximate surface area is 162 Å². The highest BCUT2D eigenvalue weighted by atomic mass is 32.2. The van der Waals surface area contributed by atoms with Gasteiger partial charge in [-0.2, -0.15) is 0 Å². The number of nitro groups is 1. The number of nitro benzene ring substituents is 1. The van der Waals surface area contributed by atoms with Gasteiger partial charge in [0, 0.05) is 29.2 Å². The summed E-state index contributed by atoms with van der Waals surface area (Å²) in [4.78, 5) is 27.9. The number of thiazole rings is 1. The Balaban J connectivity index is 1.75. The molecule has 0 fully saturated rings. The van der Waals surface area contributed by atoms with Crippen LogP contribution >= 0.6 is 23.1 Å². The molecule has 0 aliphatic carbocycles. The summed E-state index contributed by atoms with van der Waals surface area (Å²) in [6.07, 6.45) is 0. The normalized spacial score (nSPS) is 10.6. The number of amides is 1. The number of carbonyl (C=O) groups excluding carboxylic acids is 1. The maximum absolute atomic E-state index is 12.9. The highest BCUT2D eigenvalue weighted by Gasteiger charge is 2.19. The van der Waals surface area contributed by atoms with Crippen molar-refractivity contribution >= 4 is 34.7 Å². The van der Waals surface area contributed by atoms with E-state index in [9.17, 15) is 19.3 Å². The molecule has 6 nitrogen and oxygen atoms in total. The topological polar surface area (TPSA) is 85.1 Å². The Morgan fingerprint density at radius 3 is 2.67 bits per heavy atom. The first-order chi connectivity index (χ1) is 12.9. The molecule has 0 atom stereocenters. The molecule has 1 heterocycles. The SMILES string of the molecule is Cc1csc(Sc2ccc(C(=O)NCc3ccc(F)cc3)cc2[N+](=O)[O-])n1. The van der Waals surface area contributed by atoms with Gasteiger partial charge in [0.25, 0.3) is 11.6 Å². The Morgan fingerprint density at radius 1 is 1.30 bits per heavy atom. The molecule has 0 aliphatic heterocycles. The van der Waals surface area contributed by atoms with Gasteiger partial charge in [-0.25, -0.2) is 9.37 Å². The summed E-state index contributed by atoms with van der Waals surface area (Å²) < 4.78 is 13.6. The summed E-state index contributed by atoms with van der Waals surface area (Å²) >= 11 is 2.60. The van der Waals surface area contributed by atoms with Crippen LogP contribution in [0.5, 0.6) is 0 Å². The summed E-state index contributed by atoms with van der Waals surface area (Å²) in [6, 6.07) is 10.1. The van der Waals surface area contributed by atoms with Crippen LogP contribution in [0.3, 0.4) is 0 Å². The van der Waals surface area contributed by atoms with Crippen LogP contribution in [0.1, 0.15) is 21.6 Å². The van der Waals surface area contributed by atoms with Crippen molar-refractivity contribution in [3.8, 4) is 0 Å². The number of halogens is 1. The van der Waals surface area contributed by atoms with Gasteiger partial charge < -0.3 is 5.32 Å². The van der Waals surface area contributed by atoms with E-state index in [-0.39, 0.29) is 23.6 Å². The molecule has 2 aromatic carbocycles. The zero-order valence-electron chi connectivity index (χ0n) is 14.1. The zero-order chi connectivity index (χ0) is 19.4. The van der Waals surface area contributed by atoms with Crippen LogP contribution in [0.15, 0.2) is 57.1 Å². The average Bonchev–Trinajstić information content (AvgIpc) is 3.06. The fourth-order valence-corrected chi connectivity index (χ4v) is 4.13. The number of rotatable bonds is 6. The number of nitrogens with one attached hydrogen (secondary N) is 1. The van der Waals surface area contributed by atoms with Crippen molar-refractivity contribution in [3.05, 3.63) is 80.6 Å². The molecular weight excluding hydrogens is 389 g/mol. The number of carbonyl (C=O) groups is 1. The predicted molar refractivity (Wildman–Crippen MR) is 102 cm³/mol. The van der Waals surface area contributed by atoms with E-state index >= 15 is 0 Å². The van der Waals surface area contributed by atoms with Gasteiger partial charge in [0.1, 0.15) is 5.82 Å². The van der Waals surface area contributed by atoms with E-state index in [1.165, 1.54) is 47.4 Å². The van der Waals surface area contributed by atoms with Gasteiger partial charge >= 0.3 is 0 Å². The molecule has 3 aromatic rings. The lowest BCUT2D eigenvalue weighted by Gasteiger charge is -2.07. The lowest BCUT2D eigenvalue weighted by atomic mass is 10.1. The molecule has 27 heavy (non-hydrogen) atoms. The van der Waals surface area contributed by atoms with Crippen LogP contribution in [0.25, 0.3) is 0 Å². The lowest BCUT2D eigenvalue weighted by molar-refractivity contribution is -0.387. The number of hydrogen-bond acceptors (Lipinski definition) is 6. The van der Waals surface area contributed by atoms with Gasteiger partial charge in [-0.1, -0.05) is 23.9 Å². The lowest BCUT2D eigenvalue weighted by Crippen LogP contribution is -2.22. The van der Waals surface area contributed by atoms with Gasteiger partial charge in [-0.3, -0.25) is 14.9 Å². The Hall–Kier alpha value is -2.78. The van der Waals surface area contributed by atoms with E-state index in [0.717, 1.165) is 11.3 Å². The predicted octanol–water partition coefficient (Wildman–Crippen LogP) is 4.58. The van der Waals surface area contributed by atoms with Crippen LogP contribution in [0, 0.1) is 22.9 Å². The summed E-state index contributed by atoms with van der Waals surface area (Å²) in [7, 11) is 0. The molecule has 0 bridgehead atoms. The van der Waals surface area contributed by atoms with Gasteiger partial charge in [0.2, 0.25) is 0 Å². The molecule has 0 aliphatic rings. The van der Waals surface area contributed by atoms with Crippen LogP contribution in [0.2, 0.25) is 0 Å². The monoisotopic (exact) mass is 403 g/mol. The smallest absolute Gasteiger partial charge is 0.284 e. The number of aryl methyl sites for hydroxylation is 1. The number of hydrogen-bond donors (Lipinski definition) is 1. The molecule has 0 saturated carbocycles. The van der Waals surface area contributed by atoms with Crippen LogP contribution in [-0.2, 0) is 6.54 Å². The first kappa shape index (κ1) is 19.0. The van der Waals surface area contributed by atoms with Crippen molar-refractivity contribution in [2.75, 3.05) is 0 Å². The quantitative estimate of drug-likeness (QED) is 0.481. The molecule has 1 amide bonds. The van der Waals surface area contributed by atoms with Crippen LogP contribution in [-0.4, -0.2) is 15.8 Å². The van der Waals surface area contributed by atoms with E-state index in [1.807, 2.05) is 12.3 Å². The second-order valence-corrected chi connectivity index (χ2v) is 7.75. The Morgan fingerprint density at radius 2 is 2.04 bits per heavy atom. The third-order valence-corrected chi connectivity index (χ3v) is 5.70. The first-order valence-electron chi connectivity index (χ1n) is 7.83. The molecule has 0 unspecified atom stereocenters. The average molecular weight is 403 g/mol. The maximum atomic E-state index is 12.9. The van der Waals surface area contributed by atoms with Crippen molar-refractivity contribution in [1.82, 2.24) is 10.3 Å². The maximum Gasteiger partial charge on any atom is 0.284 e. The fraction of sp³-hybridized carbons (Fsp3) is 0.111. The van der Waals surface area contributed by atoms with E-state index in [1.54, 1.807) is 18.2 Å². The van der Waals surface area contributed by atoms with E-state index in [2.05, 4.69) is 10.3 Å². The van der Waals surface area contributed by atoms with Gasteiger partial charge in [0.05, 0.1) is 9.82 Å². The van der Waals surface area contributed by atoms with Gasteiger partial charge in [0.15, 0.2) is 4.34 Å². The summed E-state index contributed by atoms with van der Waals surface area (Å²) in [5.74, 6) is -0.798. The first-order valence-corrected chi connectivity index (χ1v) is 9.53. The number of nitrogens with zero attached hydrogens (tertiary/aromatic N) is 2. The third kappa shape index (κ3) is 4.89. The van der Waals surface area contributed by atoms with Crippen molar-refractivity contribution < 1.29 is 14.1 Å². The highest BCUT2D eigenvalue weighted by Crippen LogP contribution is 2.36. The van der Waals surface area contributed by atoms with Crippen LogP contribution in [0.4, 0.5) is 10.1 Å². The van der Waals surface area contributed by atoms with Crippen molar-refractivity contribution in [2.45, 2.75) is 22.7 Å². The van der Waals surface area contributed by atoms with Crippen molar-refractivity contribution in [2.24, 2.45) is 0 Å². The van der Waals surface area contributed by atoms with Crippen LogP contribution < -0.4 is 5.32 Å². The van der Waals surface area contributed by atoms with Crippen molar-refractivity contribution in [3.63, 3.8) is 0 Å². The molecule has 9 heteroatoms. The van der Waals surface area contributed by atoms with Crippen molar-refractivity contribution in [1.29, 1.82) is 0 Å². The molecule has 0 spiro atoms. The minimum absolute atomic E-state index is 0.151. The summed E-state index contributed by atoms with van der Waals surface area (Å²) in [5.41, 5.74) is 1.61. The minimum atomic E-state index is -0.514. The van der Waals surface area contributed by atoms with E-state index in [4.69, 9.17) is 0 Å². The summed E-state index contributed by atoms with van der Waals surface area (Å²) in [5, 5.41) is 16.0. The zero-order valence-corrected chi connectivity index (χ0v) is 15.8.